The molecule has 0 heterocycles. The lowest BCUT2D eigenvalue weighted by molar-refractivity contribution is 0.414. The van der Waals surface area contributed by atoms with Crippen LogP contribution in [0, 0.1) is 0 Å². The van der Waals surface area contributed by atoms with Gasteiger partial charge in [0.2, 0.25) is 0 Å². The standard InChI is InChI=1S/C11H16N2OS/c1-13(2)11(12-15-4)9-5-7-10(14-3)8-6-9/h5-8H,1-4H3/b12-11-. The SMILES string of the molecule is COc1ccc(/C(=N/SC)N(C)C)cc1. The molecule has 0 N–H and O–H groups in total. The highest BCUT2D eigenvalue weighted by molar-refractivity contribution is 7.97. The van der Waals surface area contributed by atoms with Crippen LogP contribution in [-0.4, -0.2) is 38.2 Å². The summed E-state index contributed by atoms with van der Waals surface area (Å²) in [6.45, 7) is 0. The topological polar surface area (TPSA) is 24.8 Å². The highest BCUT2D eigenvalue weighted by Gasteiger charge is 2.05. The van der Waals surface area contributed by atoms with Gasteiger partial charge in [0, 0.05) is 25.9 Å². The zero-order valence-corrected chi connectivity index (χ0v) is 10.3. The van der Waals surface area contributed by atoms with Gasteiger partial charge >= 0.3 is 0 Å². The van der Waals surface area contributed by atoms with Crippen molar-refractivity contribution in [2.45, 2.75) is 0 Å². The zero-order valence-electron chi connectivity index (χ0n) is 9.52. The third-order valence-corrected chi connectivity index (χ3v) is 2.31. The molecule has 1 aromatic rings. The van der Waals surface area contributed by atoms with Crippen LogP contribution >= 0.6 is 11.9 Å². The second-order valence-corrected chi connectivity index (χ2v) is 3.77. The van der Waals surface area contributed by atoms with Gasteiger partial charge in [-0.25, -0.2) is 0 Å². The molecule has 3 nitrogen and oxygen atoms in total. The summed E-state index contributed by atoms with van der Waals surface area (Å²) in [6, 6.07) is 7.89. The predicted molar refractivity (Wildman–Crippen MR) is 66.7 cm³/mol. The summed E-state index contributed by atoms with van der Waals surface area (Å²) in [6.07, 6.45) is 1.95. The van der Waals surface area contributed by atoms with Crippen LogP contribution in [0.1, 0.15) is 5.56 Å². The molecule has 0 saturated heterocycles. The Kier molecular flexibility index (Phi) is 4.49. The molecule has 0 spiro atoms. The highest BCUT2D eigenvalue weighted by Crippen LogP contribution is 2.14. The van der Waals surface area contributed by atoms with E-state index in [1.165, 1.54) is 11.9 Å². The maximum Gasteiger partial charge on any atom is 0.143 e. The number of ether oxygens (including phenoxy) is 1. The average Bonchev–Trinajstić information content (AvgIpc) is 2.26. The molecule has 82 valence electrons. The molecular formula is C11H16N2OS. The van der Waals surface area contributed by atoms with E-state index in [0.717, 1.165) is 17.1 Å². The molecule has 0 unspecified atom stereocenters. The Morgan fingerprint density at radius 3 is 2.27 bits per heavy atom. The van der Waals surface area contributed by atoms with E-state index in [-0.39, 0.29) is 0 Å². The first kappa shape index (κ1) is 11.9. The summed E-state index contributed by atoms with van der Waals surface area (Å²) in [5.41, 5.74) is 1.09. The molecule has 0 aliphatic heterocycles. The van der Waals surface area contributed by atoms with E-state index >= 15 is 0 Å². The molecule has 0 aliphatic carbocycles. The number of hydrogen-bond donors (Lipinski definition) is 0. The highest BCUT2D eigenvalue weighted by atomic mass is 32.2. The molecule has 0 fully saturated rings. The van der Waals surface area contributed by atoms with Crippen LogP contribution in [0.5, 0.6) is 5.75 Å². The molecule has 0 aliphatic rings. The van der Waals surface area contributed by atoms with Gasteiger partial charge in [-0.3, -0.25) is 0 Å². The van der Waals surface area contributed by atoms with Crippen molar-refractivity contribution in [1.29, 1.82) is 0 Å². The Balaban J connectivity index is 2.97. The second-order valence-electron chi connectivity index (χ2n) is 3.22. The fourth-order valence-electron chi connectivity index (χ4n) is 1.22. The van der Waals surface area contributed by atoms with E-state index in [1.807, 2.05) is 49.5 Å². The molecule has 0 bridgehead atoms. The third kappa shape index (κ3) is 3.16. The van der Waals surface area contributed by atoms with Crippen LogP contribution < -0.4 is 4.74 Å². The van der Waals surface area contributed by atoms with E-state index in [4.69, 9.17) is 4.74 Å². The molecular weight excluding hydrogens is 208 g/mol. The van der Waals surface area contributed by atoms with E-state index in [0.29, 0.717) is 0 Å². The van der Waals surface area contributed by atoms with Crippen molar-refractivity contribution in [1.82, 2.24) is 4.90 Å². The summed E-state index contributed by atoms with van der Waals surface area (Å²) in [5, 5.41) is 0. The largest absolute Gasteiger partial charge is 0.497 e. The normalized spacial score (nSPS) is 11.3. The molecule has 1 aromatic carbocycles. The van der Waals surface area contributed by atoms with Crippen molar-refractivity contribution < 1.29 is 4.74 Å². The molecule has 1 rings (SSSR count). The first-order valence-corrected chi connectivity index (χ1v) is 5.80. The van der Waals surface area contributed by atoms with Crippen molar-refractivity contribution in [2.24, 2.45) is 4.40 Å². The van der Waals surface area contributed by atoms with Gasteiger partial charge in [0.15, 0.2) is 0 Å². The number of amidine groups is 1. The molecule has 0 atom stereocenters. The second kappa shape index (κ2) is 5.66. The lowest BCUT2D eigenvalue weighted by Gasteiger charge is -2.15. The predicted octanol–water partition coefficient (Wildman–Crippen LogP) is 2.28. The van der Waals surface area contributed by atoms with Gasteiger partial charge in [-0.2, -0.15) is 4.40 Å². The van der Waals surface area contributed by atoms with Crippen molar-refractivity contribution in [3.05, 3.63) is 29.8 Å². The Morgan fingerprint density at radius 1 is 1.27 bits per heavy atom. The monoisotopic (exact) mass is 224 g/mol. The van der Waals surface area contributed by atoms with Gasteiger partial charge in [-0.05, 0) is 36.2 Å². The van der Waals surface area contributed by atoms with Crippen LogP contribution in [0.2, 0.25) is 0 Å². The molecule has 0 amide bonds. The van der Waals surface area contributed by atoms with Crippen LogP contribution in [-0.2, 0) is 0 Å². The number of hydrogen-bond acceptors (Lipinski definition) is 3. The fraction of sp³-hybridized carbons (Fsp3) is 0.364. The molecule has 15 heavy (non-hydrogen) atoms. The van der Waals surface area contributed by atoms with Crippen LogP contribution in [0.25, 0.3) is 0 Å². The lowest BCUT2D eigenvalue weighted by Crippen LogP contribution is -2.22. The van der Waals surface area contributed by atoms with Gasteiger partial charge in [0.05, 0.1) is 7.11 Å². The van der Waals surface area contributed by atoms with Gasteiger partial charge in [-0.1, -0.05) is 0 Å². The van der Waals surface area contributed by atoms with E-state index < -0.39 is 0 Å². The van der Waals surface area contributed by atoms with Gasteiger partial charge in [0.1, 0.15) is 11.6 Å². The van der Waals surface area contributed by atoms with Crippen molar-refractivity contribution in [3.8, 4) is 5.75 Å². The maximum atomic E-state index is 5.11. The summed E-state index contributed by atoms with van der Waals surface area (Å²) >= 11 is 1.46. The number of benzene rings is 1. The molecule has 4 heteroatoms. The first-order valence-electron chi connectivity index (χ1n) is 4.62. The van der Waals surface area contributed by atoms with Crippen molar-refractivity contribution >= 4 is 17.8 Å². The third-order valence-electron chi connectivity index (χ3n) is 1.95. The van der Waals surface area contributed by atoms with E-state index in [1.54, 1.807) is 7.11 Å². The molecule has 0 saturated carbocycles. The molecule has 0 radical (unpaired) electrons. The van der Waals surface area contributed by atoms with Gasteiger partial charge < -0.3 is 9.64 Å². The summed E-state index contributed by atoms with van der Waals surface area (Å²) in [5.74, 6) is 1.83. The summed E-state index contributed by atoms with van der Waals surface area (Å²) in [7, 11) is 5.64. The number of rotatable bonds is 3. The lowest BCUT2D eigenvalue weighted by atomic mass is 10.2. The Labute approximate surface area is 95.3 Å². The Bertz CT molecular complexity index is 333. The van der Waals surface area contributed by atoms with Crippen LogP contribution in [0.3, 0.4) is 0 Å². The first-order chi connectivity index (χ1) is 7.19. The zero-order chi connectivity index (χ0) is 11.3. The Morgan fingerprint density at radius 2 is 1.87 bits per heavy atom. The number of methoxy groups -OCH3 is 1. The molecule has 0 aromatic heterocycles. The smallest absolute Gasteiger partial charge is 0.143 e. The van der Waals surface area contributed by atoms with Crippen molar-refractivity contribution in [2.75, 3.05) is 27.5 Å². The quantitative estimate of drug-likeness (QED) is 0.447. The Hall–Kier alpha value is -1.16. The van der Waals surface area contributed by atoms with Gasteiger partial charge in [-0.15, -0.1) is 0 Å². The minimum Gasteiger partial charge on any atom is -0.497 e. The maximum absolute atomic E-state index is 5.11. The van der Waals surface area contributed by atoms with Gasteiger partial charge in [0.25, 0.3) is 0 Å². The van der Waals surface area contributed by atoms with Crippen LogP contribution in [0.4, 0.5) is 0 Å². The minimum atomic E-state index is 0.862. The summed E-state index contributed by atoms with van der Waals surface area (Å²) < 4.78 is 9.48. The van der Waals surface area contributed by atoms with Crippen molar-refractivity contribution in [3.63, 3.8) is 0 Å². The van der Waals surface area contributed by atoms with Crippen LogP contribution in [0.15, 0.2) is 28.7 Å². The van der Waals surface area contributed by atoms with E-state index in [2.05, 4.69) is 4.40 Å². The summed E-state index contributed by atoms with van der Waals surface area (Å²) in [4.78, 5) is 2.00. The van der Waals surface area contributed by atoms with E-state index in [9.17, 15) is 0 Å². The average molecular weight is 224 g/mol. The fourth-order valence-corrected chi connectivity index (χ4v) is 1.66. The number of nitrogens with zero attached hydrogens (tertiary/aromatic N) is 2. The minimum absolute atomic E-state index is 0.862.